The maximum Gasteiger partial charge on any atom is 0.150 e. The normalized spacial score (nSPS) is 13.4. The van der Waals surface area contributed by atoms with Gasteiger partial charge in [0.2, 0.25) is 0 Å². The van der Waals surface area contributed by atoms with Crippen molar-refractivity contribution in [3.8, 4) is 0 Å². The Bertz CT molecular complexity index is 554. The van der Waals surface area contributed by atoms with Gasteiger partial charge in [-0.2, -0.15) is 0 Å². The lowest BCUT2D eigenvalue weighted by Gasteiger charge is -2.14. The molecule has 0 saturated carbocycles. The highest BCUT2D eigenvalue weighted by Crippen LogP contribution is 2.28. The Kier molecular flexibility index (Phi) is 4.81. The quantitative estimate of drug-likeness (QED) is 0.292. The van der Waals surface area contributed by atoms with Crippen molar-refractivity contribution in [2.45, 2.75) is 17.2 Å². The van der Waals surface area contributed by atoms with Crippen LogP contribution in [0.2, 0.25) is 0 Å². The Morgan fingerprint density at radius 2 is 2.21 bits per heavy atom. The summed E-state index contributed by atoms with van der Waals surface area (Å²) in [7, 11) is 0. The van der Waals surface area contributed by atoms with E-state index in [0.29, 0.717) is 5.75 Å². The van der Waals surface area contributed by atoms with Crippen LogP contribution in [0.5, 0.6) is 0 Å². The summed E-state index contributed by atoms with van der Waals surface area (Å²) in [5.41, 5.74) is 7.85. The third-order valence-electron chi connectivity index (χ3n) is 2.65. The number of thiazole rings is 1. The molecule has 0 aliphatic carbocycles. The van der Waals surface area contributed by atoms with Gasteiger partial charge in [-0.3, -0.25) is 0 Å². The van der Waals surface area contributed by atoms with Gasteiger partial charge < -0.3 is 10.9 Å². The lowest BCUT2D eigenvalue weighted by molar-refractivity contribution is 0.316. The molecule has 3 N–H and O–H groups in total. The second kappa shape index (κ2) is 6.58. The second-order valence-electron chi connectivity index (χ2n) is 4.05. The maximum absolute atomic E-state index is 8.91. The molecular formula is C13H15N3OS2. The van der Waals surface area contributed by atoms with E-state index >= 15 is 0 Å². The molecule has 1 heterocycles. The summed E-state index contributed by atoms with van der Waals surface area (Å²) in [6.45, 7) is 1.97. The molecule has 19 heavy (non-hydrogen) atoms. The first-order valence-corrected chi connectivity index (χ1v) is 7.64. The van der Waals surface area contributed by atoms with Crippen LogP contribution >= 0.6 is 23.1 Å². The third-order valence-corrected chi connectivity index (χ3v) is 4.88. The molecular weight excluding hydrogens is 278 g/mol. The van der Waals surface area contributed by atoms with Gasteiger partial charge in [-0.05, 0) is 12.5 Å². The monoisotopic (exact) mass is 293 g/mol. The van der Waals surface area contributed by atoms with E-state index in [1.54, 1.807) is 23.1 Å². The van der Waals surface area contributed by atoms with E-state index in [1.807, 2.05) is 42.6 Å². The van der Waals surface area contributed by atoms with E-state index in [4.69, 9.17) is 10.9 Å². The van der Waals surface area contributed by atoms with Gasteiger partial charge in [0.15, 0.2) is 0 Å². The van der Waals surface area contributed by atoms with E-state index in [1.165, 1.54) is 0 Å². The molecule has 1 aromatic carbocycles. The average molecular weight is 293 g/mol. The Balaban J connectivity index is 2.11. The summed E-state index contributed by atoms with van der Waals surface area (Å²) in [4.78, 5) is 4.40. The average Bonchev–Trinajstić information content (AvgIpc) is 2.85. The Morgan fingerprint density at radius 1 is 1.47 bits per heavy atom. The number of amidine groups is 1. The van der Waals surface area contributed by atoms with Crippen molar-refractivity contribution < 1.29 is 5.21 Å². The highest BCUT2D eigenvalue weighted by atomic mass is 32.2. The van der Waals surface area contributed by atoms with Crippen molar-refractivity contribution in [2.75, 3.05) is 5.75 Å². The number of benzene rings is 1. The predicted molar refractivity (Wildman–Crippen MR) is 80.2 cm³/mol. The number of rotatable bonds is 5. The van der Waals surface area contributed by atoms with E-state index in [0.717, 1.165) is 15.6 Å². The van der Waals surface area contributed by atoms with Crippen molar-refractivity contribution in [3.05, 3.63) is 47.0 Å². The minimum absolute atomic E-state index is 0.111. The fourth-order valence-corrected chi connectivity index (χ4v) is 3.68. The van der Waals surface area contributed by atoms with Gasteiger partial charge in [-0.1, -0.05) is 47.2 Å². The first kappa shape index (κ1) is 13.9. The maximum atomic E-state index is 8.91. The van der Waals surface area contributed by atoms with Gasteiger partial charge in [0, 0.05) is 16.8 Å². The highest BCUT2D eigenvalue weighted by molar-refractivity contribution is 8.01. The predicted octanol–water partition coefficient (Wildman–Crippen LogP) is 3.07. The van der Waals surface area contributed by atoms with Crippen molar-refractivity contribution in [1.82, 2.24) is 4.98 Å². The van der Waals surface area contributed by atoms with Crippen LogP contribution in [0.3, 0.4) is 0 Å². The van der Waals surface area contributed by atoms with Gasteiger partial charge in [-0.15, -0.1) is 11.3 Å². The molecule has 2 rings (SSSR count). The van der Waals surface area contributed by atoms with Crippen molar-refractivity contribution in [2.24, 2.45) is 10.9 Å². The molecule has 0 saturated heterocycles. The van der Waals surface area contributed by atoms with Crippen LogP contribution in [0.1, 0.15) is 17.2 Å². The summed E-state index contributed by atoms with van der Waals surface area (Å²) < 4.78 is 1.00. The molecule has 2 aromatic rings. The van der Waals surface area contributed by atoms with Gasteiger partial charge >= 0.3 is 0 Å². The SMILES string of the molecule is Cc1csc(SCC(C(N)=NO)c2ccccc2)n1. The number of nitrogens with zero attached hydrogens (tertiary/aromatic N) is 2. The highest BCUT2D eigenvalue weighted by Gasteiger charge is 2.17. The van der Waals surface area contributed by atoms with Crippen LogP contribution < -0.4 is 5.73 Å². The minimum Gasteiger partial charge on any atom is -0.409 e. The van der Waals surface area contributed by atoms with Crippen molar-refractivity contribution in [3.63, 3.8) is 0 Å². The summed E-state index contributed by atoms with van der Waals surface area (Å²) >= 11 is 3.24. The van der Waals surface area contributed by atoms with Gasteiger partial charge in [0.05, 0.1) is 5.92 Å². The third kappa shape index (κ3) is 3.71. The number of nitrogens with two attached hydrogens (primary N) is 1. The van der Waals surface area contributed by atoms with E-state index in [-0.39, 0.29) is 11.8 Å². The molecule has 0 radical (unpaired) electrons. The zero-order chi connectivity index (χ0) is 13.7. The summed E-state index contributed by atoms with van der Waals surface area (Å²) in [5.74, 6) is 0.819. The van der Waals surface area contributed by atoms with Crippen LogP contribution in [-0.4, -0.2) is 21.8 Å². The minimum atomic E-state index is -0.111. The Morgan fingerprint density at radius 3 is 2.79 bits per heavy atom. The van der Waals surface area contributed by atoms with Crippen LogP contribution in [0.25, 0.3) is 0 Å². The lowest BCUT2D eigenvalue weighted by atomic mass is 10.0. The molecule has 1 unspecified atom stereocenters. The van der Waals surface area contributed by atoms with E-state index in [9.17, 15) is 0 Å². The van der Waals surface area contributed by atoms with Crippen molar-refractivity contribution in [1.29, 1.82) is 0 Å². The Hall–Kier alpha value is -1.53. The topological polar surface area (TPSA) is 71.5 Å². The fraction of sp³-hybridized carbons (Fsp3) is 0.231. The van der Waals surface area contributed by atoms with Crippen LogP contribution in [-0.2, 0) is 0 Å². The molecule has 6 heteroatoms. The zero-order valence-corrected chi connectivity index (χ0v) is 12.1. The Labute approximate surface area is 120 Å². The van der Waals surface area contributed by atoms with Crippen molar-refractivity contribution >= 4 is 28.9 Å². The summed E-state index contributed by atoms with van der Waals surface area (Å²) in [5, 5.41) is 14.1. The zero-order valence-electron chi connectivity index (χ0n) is 10.5. The molecule has 0 bridgehead atoms. The smallest absolute Gasteiger partial charge is 0.150 e. The van der Waals surface area contributed by atoms with Gasteiger partial charge in [0.25, 0.3) is 0 Å². The van der Waals surface area contributed by atoms with Crippen LogP contribution in [0.15, 0.2) is 45.2 Å². The second-order valence-corrected chi connectivity index (χ2v) is 6.18. The molecule has 0 spiro atoms. The number of hydrogen-bond donors (Lipinski definition) is 2. The molecule has 1 atom stereocenters. The first-order valence-electron chi connectivity index (χ1n) is 5.78. The van der Waals surface area contributed by atoms with E-state index < -0.39 is 0 Å². The van der Waals surface area contributed by atoms with Gasteiger partial charge in [-0.25, -0.2) is 4.98 Å². The van der Waals surface area contributed by atoms with E-state index in [2.05, 4.69) is 10.1 Å². The number of aryl methyl sites for hydroxylation is 1. The molecule has 1 aromatic heterocycles. The molecule has 4 nitrogen and oxygen atoms in total. The van der Waals surface area contributed by atoms with Crippen LogP contribution in [0, 0.1) is 6.92 Å². The summed E-state index contributed by atoms with van der Waals surface area (Å²) in [6.07, 6.45) is 0. The number of hydrogen-bond acceptors (Lipinski definition) is 5. The first-order chi connectivity index (χ1) is 9.20. The molecule has 0 aliphatic rings. The largest absolute Gasteiger partial charge is 0.409 e. The summed E-state index contributed by atoms with van der Waals surface area (Å²) in [6, 6.07) is 9.81. The standard InChI is InChI=1S/C13H15N3OS2/c1-9-7-18-13(15-9)19-8-11(12(14)16-17)10-5-3-2-4-6-10/h2-7,11,17H,8H2,1H3,(H2,14,16). The van der Waals surface area contributed by atoms with Gasteiger partial charge in [0.1, 0.15) is 10.2 Å². The number of oxime groups is 1. The molecule has 0 amide bonds. The molecule has 0 aliphatic heterocycles. The molecule has 100 valence electrons. The lowest BCUT2D eigenvalue weighted by Crippen LogP contribution is -2.23. The number of thioether (sulfide) groups is 1. The number of aromatic nitrogens is 1. The fourth-order valence-electron chi connectivity index (χ4n) is 1.66. The molecule has 0 fully saturated rings. The van der Waals surface area contributed by atoms with Crippen LogP contribution in [0.4, 0.5) is 0 Å².